The molecule has 136 valence electrons. The zero-order valence-corrected chi connectivity index (χ0v) is 14.9. The van der Waals surface area contributed by atoms with Crippen molar-refractivity contribution in [1.29, 1.82) is 0 Å². The molecule has 25 heavy (non-hydrogen) atoms. The summed E-state index contributed by atoms with van der Waals surface area (Å²) in [7, 11) is 0. The van der Waals surface area contributed by atoms with Gasteiger partial charge in [-0.3, -0.25) is 9.59 Å². The van der Waals surface area contributed by atoms with E-state index < -0.39 is 0 Å². The number of carbonyl (C=O) groups is 2. The summed E-state index contributed by atoms with van der Waals surface area (Å²) >= 11 is 0. The number of hydrogen-bond acceptors (Lipinski definition) is 3. The molecule has 0 aromatic heterocycles. The Kier molecular flexibility index (Phi) is 5.95. The fraction of sp³-hybridized carbons (Fsp3) is 0.600. The molecule has 1 aromatic carbocycles. The smallest absolute Gasteiger partial charge is 0.223 e. The lowest BCUT2D eigenvalue weighted by Crippen LogP contribution is -2.31. The van der Waals surface area contributed by atoms with E-state index in [9.17, 15) is 9.59 Å². The number of hydrogen-bond donors (Lipinski definition) is 2. The molecule has 2 atom stereocenters. The number of carbonyl (C=O) groups excluding carboxylic acids is 2. The van der Waals surface area contributed by atoms with Crippen molar-refractivity contribution < 1.29 is 14.3 Å². The van der Waals surface area contributed by atoms with Gasteiger partial charge in [0.05, 0.1) is 6.10 Å². The van der Waals surface area contributed by atoms with Gasteiger partial charge in [-0.25, -0.2) is 0 Å². The molecule has 5 nitrogen and oxygen atoms in total. The van der Waals surface area contributed by atoms with Crippen molar-refractivity contribution in [2.24, 2.45) is 11.8 Å². The van der Waals surface area contributed by atoms with E-state index in [0.29, 0.717) is 31.5 Å². The average molecular weight is 344 g/mol. The molecule has 2 fully saturated rings. The monoisotopic (exact) mass is 344 g/mol. The minimum atomic E-state index is -0.0557. The first-order valence-electron chi connectivity index (χ1n) is 9.42. The SMILES string of the molecule is CC1CC1C(=O)NCCC(=O)NCc1ccccc1OC1CCCC1. The first-order valence-corrected chi connectivity index (χ1v) is 9.42. The number of nitrogens with one attached hydrogen (secondary N) is 2. The highest BCUT2D eigenvalue weighted by Crippen LogP contribution is 2.37. The van der Waals surface area contributed by atoms with Crippen LogP contribution in [0.5, 0.6) is 5.75 Å². The Balaban J connectivity index is 1.40. The third-order valence-corrected chi connectivity index (χ3v) is 5.14. The number of amides is 2. The van der Waals surface area contributed by atoms with Gasteiger partial charge in [-0.05, 0) is 44.1 Å². The van der Waals surface area contributed by atoms with Crippen LogP contribution in [0.4, 0.5) is 0 Å². The number of benzene rings is 1. The van der Waals surface area contributed by atoms with E-state index in [-0.39, 0.29) is 17.7 Å². The van der Waals surface area contributed by atoms with Crippen LogP contribution >= 0.6 is 0 Å². The summed E-state index contributed by atoms with van der Waals surface area (Å²) in [5.74, 6) is 1.54. The zero-order chi connectivity index (χ0) is 17.6. The molecule has 2 amide bonds. The predicted molar refractivity (Wildman–Crippen MR) is 96.1 cm³/mol. The Labute approximate surface area is 149 Å². The molecule has 2 aliphatic carbocycles. The maximum absolute atomic E-state index is 12.0. The Morgan fingerprint density at radius 1 is 1.16 bits per heavy atom. The normalized spacial score (nSPS) is 22.4. The van der Waals surface area contributed by atoms with Gasteiger partial charge in [-0.2, -0.15) is 0 Å². The van der Waals surface area contributed by atoms with Crippen molar-refractivity contribution in [3.63, 3.8) is 0 Å². The first kappa shape index (κ1) is 17.8. The summed E-state index contributed by atoms with van der Waals surface area (Å²) in [5.41, 5.74) is 0.999. The molecule has 5 heteroatoms. The van der Waals surface area contributed by atoms with E-state index in [0.717, 1.165) is 30.6 Å². The molecule has 2 aliphatic rings. The third kappa shape index (κ3) is 5.21. The fourth-order valence-corrected chi connectivity index (χ4v) is 3.35. The van der Waals surface area contributed by atoms with Gasteiger partial charge in [-0.1, -0.05) is 25.1 Å². The van der Waals surface area contributed by atoms with Crippen LogP contribution in [-0.2, 0) is 16.1 Å². The zero-order valence-electron chi connectivity index (χ0n) is 14.9. The summed E-state index contributed by atoms with van der Waals surface area (Å²) in [4.78, 5) is 23.7. The van der Waals surface area contributed by atoms with Crippen molar-refractivity contribution in [2.75, 3.05) is 6.54 Å². The van der Waals surface area contributed by atoms with Crippen LogP contribution in [0.1, 0.15) is 51.0 Å². The second kappa shape index (κ2) is 8.37. The van der Waals surface area contributed by atoms with Crippen molar-refractivity contribution in [3.05, 3.63) is 29.8 Å². The van der Waals surface area contributed by atoms with E-state index >= 15 is 0 Å². The Morgan fingerprint density at radius 2 is 1.88 bits per heavy atom. The van der Waals surface area contributed by atoms with Crippen LogP contribution in [0.3, 0.4) is 0 Å². The highest BCUT2D eigenvalue weighted by molar-refractivity contribution is 5.82. The predicted octanol–water partition coefficient (Wildman–Crippen LogP) is 2.79. The van der Waals surface area contributed by atoms with Gasteiger partial charge in [0.15, 0.2) is 0 Å². The maximum Gasteiger partial charge on any atom is 0.223 e. The minimum Gasteiger partial charge on any atom is -0.490 e. The van der Waals surface area contributed by atoms with Gasteiger partial charge in [-0.15, -0.1) is 0 Å². The quantitative estimate of drug-likeness (QED) is 0.762. The van der Waals surface area contributed by atoms with Crippen molar-refractivity contribution >= 4 is 11.8 Å². The fourth-order valence-electron chi connectivity index (χ4n) is 3.35. The van der Waals surface area contributed by atoms with Crippen LogP contribution in [0.15, 0.2) is 24.3 Å². The van der Waals surface area contributed by atoms with Crippen LogP contribution in [0, 0.1) is 11.8 Å². The Bertz CT molecular complexity index is 611. The van der Waals surface area contributed by atoms with E-state index in [1.54, 1.807) is 0 Å². The molecule has 2 N–H and O–H groups in total. The minimum absolute atomic E-state index is 0.0557. The Morgan fingerprint density at radius 3 is 2.60 bits per heavy atom. The Hall–Kier alpha value is -2.04. The van der Waals surface area contributed by atoms with Crippen LogP contribution < -0.4 is 15.4 Å². The molecule has 0 heterocycles. The molecule has 0 aliphatic heterocycles. The standard InChI is InChI=1S/C20H28N2O3/c1-14-12-17(14)20(24)21-11-10-19(23)22-13-15-6-2-5-9-18(15)25-16-7-3-4-8-16/h2,5-6,9,14,16-17H,3-4,7-8,10-13H2,1H3,(H,21,24)(H,22,23). The highest BCUT2D eigenvalue weighted by Gasteiger charge is 2.38. The number of para-hydroxylation sites is 1. The number of rotatable bonds is 8. The molecule has 0 spiro atoms. The maximum atomic E-state index is 12.0. The van der Waals surface area contributed by atoms with Gasteiger partial charge in [0.25, 0.3) is 0 Å². The molecule has 0 saturated heterocycles. The van der Waals surface area contributed by atoms with Crippen LogP contribution in [-0.4, -0.2) is 24.5 Å². The summed E-state index contributed by atoms with van der Waals surface area (Å²) in [6.07, 6.45) is 6.26. The summed E-state index contributed by atoms with van der Waals surface area (Å²) in [5, 5.41) is 5.76. The summed E-state index contributed by atoms with van der Waals surface area (Å²) < 4.78 is 6.09. The van der Waals surface area contributed by atoms with Crippen molar-refractivity contribution in [2.45, 2.75) is 58.1 Å². The first-order chi connectivity index (χ1) is 12.1. The summed E-state index contributed by atoms with van der Waals surface area (Å²) in [6.45, 7) is 2.92. The second-order valence-electron chi connectivity index (χ2n) is 7.27. The van der Waals surface area contributed by atoms with E-state index in [1.165, 1.54) is 12.8 Å². The lowest BCUT2D eigenvalue weighted by atomic mass is 10.2. The topological polar surface area (TPSA) is 67.4 Å². The van der Waals surface area contributed by atoms with Gasteiger partial charge in [0.1, 0.15) is 5.75 Å². The van der Waals surface area contributed by atoms with E-state index in [2.05, 4.69) is 17.6 Å². The number of ether oxygens (including phenoxy) is 1. The molecule has 2 unspecified atom stereocenters. The lowest BCUT2D eigenvalue weighted by molar-refractivity contribution is -0.123. The van der Waals surface area contributed by atoms with Crippen LogP contribution in [0.2, 0.25) is 0 Å². The lowest BCUT2D eigenvalue weighted by Gasteiger charge is -2.16. The van der Waals surface area contributed by atoms with E-state index in [4.69, 9.17) is 4.74 Å². The molecule has 0 bridgehead atoms. The molecular formula is C20H28N2O3. The molecular weight excluding hydrogens is 316 g/mol. The molecule has 3 rings (SSSR count). The van der Waals surface area contributed by atoms with Crippen molar-refractivity contribution in [1.82, 2.24) is 10.6 Å². The highest BCUT2D eigenvalue weighted by atomic mass is 16.5. The molecule has 0 radical (unpaired) electrons. The van der Waals surface area contributed by atoms with Gasteiger partial charge in [0.2, 0.25) is 11.8 Å². The third-order valence-electron chi connectivity index (χ3n) is 5.14. The van der Waals surface area contributed by atoms with Crippen molar-refractivity contribution in [3.8, 4) is 5.75 Å². The second-order valence-corrected chi connectivity index (χ2v) is 7.27. The molecule has 2 saturated carbocycles. The van der Waals surface area contributed by atoms with Gasteiger partial charge < -0.3 is 15.4 Å². The van der Waals surface area contributed by atoms with Gasteiger partial charge in [0, 0.05) is 31.0 Å². The largest absolute Gasteiger partial charge is 0.490 e. The van der Waals surface area contributed by atoms with Gasteiger partial charge >= 0.3 is 0 Å². The average Bonchev–Trinajstić information content (AvgIpc) is 3.12. The molecule has 1 aromatic rings. The summed E-state index contributed by atoms with van der Waals surface area (Å²) in [6, 6.07) is 7.88. The van der Waals surface area contributed by atoms with Crippen LogP contribution in [0.25, 0.3) is 0 Å². The van der Waals surface area contributed by atoms with E-state index in [1.807, 2.05) is 24.3 Å².